The molecule has 2 N–H and O–H groups in total. The summed E-state index contributed by atoms with van der Waals surface area (Å²) >= 11 is 1.19. The quantitative estimate of drug-likeness (QED) is 0.841. The maximum absolute atomic E-state index is 10.7. The van der Waals surface area contributed by atoms with Crippen molar-refractivity contribution in [2.45, 2.75) is 25.4 Å². The Morgan fingerprint density at radius 2 is 2.35 bits per heavy atom. The number of aromatic carboxylic acids is 1. The van der Waals surface area contributed by atoms with E-state index in [2.05, 4.69) is 22.2 Å². The predicted molar refractivity (Wildman–Crippen MR) is 66.4 cm³/mol. The van der Waals surface area contributed by atoms with Gasteiger partial charge < -0.3 is 15.3 Å². The van der Waals surface area contributed by atoms with Crippen LogP contribution in [0.25, 0.3) is 0 Å². The monoisotopic (exact) mass is 255 g/mol. The van der Waals surface area contributed by atoms with Gasteiger partial charge in [0.25, 0.3) is 0 Å². The Labute approximate surface area is 104 Å². The Bertz CT molecular complexity index is 386. The van der Waals surface area contributed by atoms with Crippen LogP contribution in [0.3, 0.4) is 0 Å². The number of carbonyl (C=O) groups is 1. The molecular weight excluding hydrogens is 238 g/mol. The lowest BCUT2D eigenvalue weighted by Gasteiger charge is -2.29. The van der Waals surface area contributed by atoms with Crippen LogP contribution in [0.15, 0.2) is 5.38 Å². The zero-order chi connectivity index (χ0) is 12.3. The summed E-state index contributed by atoms with van der Waals surface area (Å²) < 4.78 is 0. The molecule has 6 heteroatoms. The number of thiazole rings is 1. The van der Waals surface area contributed by atoms with E-state index in [9.17, 15) is 4.79 Å². The standard InChI is InChI=1S/C11H17N3O2S/c1-14-4-2-8(3-5-14)12-6-9-7-17-10(13-9)11(15)16/h7-8,12H,2-6H2,1H3,(H,15,16). The maximum Gasteiger partial charge on any atom is 0.365 e. The molecule has 1 fully saturated rings. The molecule has 1 aromatic rings. The highest BCUT2D eigenvalue weighted by molar-refractivity contribution is 7.11. The molecule has 0 bridgehead atoms. The second kappa shape index (κ2) is 5.57. The van der Waals surface area contributed by atoms with E-state index in [4.69, 9.17) is 5.11 Å². The number of carboxylic acids is 1. The molecule has 1 aliphatic heterocycles. The van der Waals surface area contributed by atoms with Crippen molar-refractivity contribution in [1.29, 1.82) is 0 Å². The van der Waals surface area contributed by atoms with Crippen molar-refractivity contribution in [3.8, 4) is 0 Å². The predicted octanol–water partition coefficient (Wildman–Crippen LogP) is 1.03. The molecule has 0 aliphatic carbocycles. The number of hydrogen-bond donors (Lipinski definition) is 2. The summed E-state index contributed by atoms with van der Waals surface area (Å²) in [6.07, 6.45) is 2.29. The first kappa shape index (κ1) is 12.5. The molecule has 94 valence electrons. The third-order valence-corrected chi connectivity index (χ3v) is 3.90. The highest BCUT2D eigenvalue weighted by Gasteiger charge is 2.16. The molecule has 2 rings (SSSR count). The average molecular weight is 255 g/mol. The van der Waals surface area contributed by atoms with E-state index < -0.39 is 5.97 Å². The van der Waals surface area contributed by atoms with Crippen LogP contribution in [0.1, 0.15) is 28.3 Å². The highest BCUT2D eigenvalue weighted by atomic mass is 32.1. The van der Waals surface area contributed by atoms with Gasteiger partial charge in [-0.15, -0.1) is 11.3 Å². The van der Waals surface area contributed by atoms with Gasteiger partial charge in [0.1, 0.15) is 0 Å². The van der Waals surface area contributed by atoms with Crippen LogP contribution in [-0.2, 0) is 6.54 Å². The molecule has 0 unspecified atom stereocenters. The van der Waals surface area contributed by atoms with E-state index in [-0.39, 0.29) is 5.01 Å². The van der Waals surface area contributed by atoms with Crippen molar-refractivity contribution >= 4 is 17.3 Å². The number of hydrogen-bond acceptors (Lipinski definition) is 5. The molecule has 1 saturated heterocycles. The van der Waals surface area contributed by atoms with E-state index in [1.807, 2.05) is 5.38 Å². The largest absolute Gasteiger partial charge is 0.476 e. The Hall–Kier alpha value is -0.980. The molecule has 5 nitrogen and oxygen atoms in total. The summed E-state index contributed by atoms with van der Waals surface area (Å²) in [4.78, 5) is 17.1. The minimum atomic E-state index is -0.944. The number of piperidine rings is 1. The third kappa shape index (κ3) is 3.49. The zero-order valence-corrected chi connectivity index (χ0v) is 10.7. The van der Waals surface area contributed by atoms with Crippen LogP contribution in [0.2, 0.25) is 0 Å². The van der Waals surface area contributed by atoms with E-state index in [0.29, 0.717) is 12.6 Å². The molecule has 2 heterocycles. The van der Waals surface area contributed by atoms with Crippen LogP contribution in [0, 0.1) is 0 Å². The highest BCUT2D eigenvalue weighted by Crippen LogP contribution is 2.12. The van der Waals surface area contributed by atoms with Gasteiger partial charge in [-0.1, -0.05) is 0 Å². The van der Waals surface area contributed by atoms with Crippen molar-refractivity contribution < 1.29 is 9.90 Å². The summed E-state index contributed by atoms with van der Waals surface area (Å²) in [7, 11) is 2.13. The Morgan fingerprint density at radius 1 is 1.65 bits per heavy atom. The van der Waals surface area contributed by atoms with Crippen molar-refractivity contribution in [3.63, 3.8) is 0 Å². The van der Waals surface area contributed by atoms with Gasteiger partial charge in [-0.25, -0.2) is 9.78 Å². The first-order valence-electron chi connectivity index (χ1n) is 5.75. The molecule has 0 atom stereocenters. The number of likely N-dealkylation sites (tertiary alicyclic amines) is 1. The smallest absolute Gasteiger partial charge is 0.365 e. The second-order valence-electron chi connectivity index (χ2n) is 4.41. The van der Waals surface area contributed by atoms with Crippen LogP contribution in [0.5, 0.6) is 0 Å². The number of carboxylic acid groups (broad SMARTS) is 1. The second-order valence-corrected chi connectivity index (χ2v) is 5.27. The van der Waals surface area contributed by atoms with Crippen molar-refractivity contribution in [2.75, 3.05) is 20.1 Å². The number of nitrogens with zero attached hydrogens (tertiary/aromatic N) is 2. The zero-order valence-electron chi connectivity index (χ0n) is 9.85. The van der Waals surface area contributed by atoms with Crippen LogP contribution < -0.4 is 5.32 Å². The summed E-state index contributed by atoms with van der Waals surface area (Å²) in [5.74, 6) is -0.944. The van der Waals surface area contributed by atoms with Gasteiger partial charge in [-0.3, -0.25) is 0 Å². The normalized spacial score (nSPS) is 18.4. The molecule has 0 spiro atoms. The molecule has 0 saturated carbocycles. The molecule has 17 heavy (non-hydrogen) atoms. The molecule has 0 radical (unpaired) electrons. The fraction of sp³-hybridized carbons (Fsp3) is 0.636. The Balaban J connectivity index is 1.79. The van der Waals surface area contributed by atoms with Gasteiger partial charge in [-0.05, 0) is 33.0 Å². The van der Waals surface area contributed by atoms with E-state index in [1.165, 1.54) is 11.3 Å². The lowest BCUT2D eigenvalue weighted by atomic mass is 10.1. The third-order valence-electron chi connectivity index (χ3n) is 3.03. The van der Waals surface area contributed by atoms with Gasteiger partial charge in [0.2, 0.25) is 5.01 Å². The van der Waals surface area contributed by atoms with E-state index in [1.54, 1.807) is 0 Å². The van der Waals surface area contributed by atoms with Gasteiger partial charge in [0.05, 0.1) is 5.69 Å². The van der Waals surface area contributed by atoms with Gasteiger partial charge in [0.15, 0.2) is 0 Å². The van der Waals surface area contributed by atoms with Crippen molar-refractivity contribution in [3.05, 3.63) is 16.1 Å². The number of aromatic nitrogens is 1. The molecule has 1 aliphatic rings. The SMILES string of the molecule is CN1CCC(NCc2csc(C(=O)O)n2)CC1. The molecule has 0 amide bonds. The van der Waals surface area contributed by atoms with Gasteiger partial charge in [-0.2, -0.15) is 0 Å². The summed E-state index contributed by atoms with van der Waals surface area (Å²) in [6, 6.07) is 0.529. The van der Waals surface area contributed by atoms with Crippen molar-refractivity contribution in [1.82, 2.24) is 15.2 Å². The van der Waals surface area contributed by atoms with Gasteiger partial charge in [0, 0.05) is 18.0 Å². The summed E-state index contributed by atoms with van der Waals surface area (Å²) in [5, 5.41) is 14.2. The van der Waals surface area contributed by atoms with Crippen LogP contribution >= 0.6 is 11.3 Å². The first-order chi connectivity index (χ1) is 8.15. The lowest BCUT2D eigenvalue weighted by molar-refractivity contribution is 0.0696. The maximum atomic E-state index is 10.7. The van der Waals surface area contributed by atoms with E-state index >= 15 is 0 Å². The fourth-order valence-corrected chi connectivity index (χ4v) is 2.60. The Morgan fingerprint density at radius 3 is 2.94 bits per heavy atom. The number of nitrogens with one attached hydrogen (secondary N) is 1. The van der Waals surface area contributed by atoms with Crippen LogP contribution in [0.4, 0.5) is 0 Å². The van der Waals surface area contributed by atoms with Crippen molar-refractivity contribution in [2.24, 2.45) is 0 Å². The minimum Gasteiger partial charge on any atom is -0.476 e. The molecular formula is C11H17N3O2S. The fourth-order valence-electron chi connectivity index (χ4n) is 1.95. The molecule has 1 aromatic heterocycles. The Kier molecular flexibility index (Phi) is 4.09. The number of rotatable bonds is 4. The van der Waals surface area contributed by atoms with Crippen LogP contribution in [-0.4, -0.2) is 47.1 Å². The minimum absolute atomic E-state index is 0.171. The molecule has 0 aromatic carbocycles. The first-order valence-corrected chi connectivity index (χ1v) is 6.63. The van der Waals surface area contributed by atoms with Gasteiger partial charge >= 0.3 is 5.97 Å². The van der Waals surface area contributed by atoms with E-state index in [0.717, 1.165) is 31.6 Å². The average Bonchev–Trinajstić information content (AvgIpc) is 2.77. The summed E-state index contributed by atoms with van der Waals surface area (Å²) in [6.45, 7) is 2.91. The lowest BCUT2D eigenvalue weighted by Crippen LogP contribution is -2.40. The topological polar surface area (TPSA) is 65.5 Å². The summed E-state index contributed by atoms with van der Waals surface area (Å²) in [5.41, 5.74) is 0.825.